The molecule has 5 rings (SSSR count). The lowest BCUT2D eigenvalue weighted by Gasteiger charge is -2.38. The Morgan fingerprint density at radius 3 is 2.65 bits per heavy atom. The van der Waals surface area contributed by atoms with Crippen molar-refractivity contribution in [2.45, 2.75) is 50.7 Å². The highest BCUT2D eigenvalue weighted by molar-refractivity contribution is 7.20. The van der Waals surface area contributed by atoms with Crippen LogP contribution in [0.5, 0.6) is 16.7 Å². The van der Waals surface area contributed by atoms with E-state index < -0.39 is 0 Å². The summed E-state index contributed by atoms with van der Waals surface area (Å²) < 4.78 is 12.7. The van der Waals surface area contributed by atoms with E-state index >= 15 is 0 Å². The SMILES string of the molecule is CC(=O)N1[C@@H]2CC[C@H]1CC(NCCOc1ccc(Oc3nc4ncccc4s3)cc1)C2.[HH]. The summed E-state index contributed by atoms with van der Waals surface area (Å²) in [6, 6.07) is 12.8. The van der Waals surface area contributed by atoms with Gasteiger partial charge in [0.2, 0.25) is 5.91 Å². The second kappa shape index (κ2) is 8.80. The van der Waals surface area contributed by atoms with Crippen molar-refractivity contribution in [1.82, 2.24) is 20.2 Å². The summed E-state index contributed by atoms with van der Waals surface area (Å²) in [5, 5.41) is 4.19. The number of nitrogens with zero attached hydrogens (tertiary/aromatic N) is 3. The van der Waals surface area contributed by atoms with E-state index in [0.29, 0.717) is 35.6 Å². The van der Waals surface area contributed by atoms with E-state index in [2.05, 4.69) is 20.2 Å². The molecule has 2 saturated heterocycles. The molecule has 3 atom stereocenters. The maximum atomic E-state index is 11.8. The zero-order valence-electron chi connectivity index (χ0n) is 17.5. The van der Waals surface area contributed by atoms with Crippen LogP contribution >= 0.6 is 11.3 Å². The van der Waals surface area contributed by atoms with Crippen LogP contribution < -0.4 is 14.8 Å². The molecule has 2 aromatic heterocycles. The predicted octanol–water partition coefficient (Wildman–Crippen LogP) is 4.24. The summed E-state index contributed by atoms with van der Waals surface area (Å²) in [5.41, 5.74) is 0.704. The molecule has 8 heteroatoms. The first kappa shape index (κ1) is 20.2. The van der Waals surface area contributed by atoms with Crippen LogP contribution in [0.1, 0.15) is 34.0 Å². The molecule has 0 aliphatic carbocycles. The highest BCUT2D eigenvalue weighted by Gasteiger charge is 2.41. The van der Waals surface area contributed by atoms with E-state index in [4.69, 9.17) is 9.47 Å². The summed E-state index contributed by atoms with van der Waals surface area (Å²) in [5.74, 6) is 1.75. The number of carbonyl (C=O) groups excluding carboxylic acids is 1. The van der Waals surface area contributed by atoms with Crippen molar-refractivity contribution >= 4 is 27.6 Å². The zero-order chi connectivity index (χ0) is 21.2. The summed E-state index contributed by atoms with van der Waals surface area (Å²) in [6.07, 6.45) is 6.10. The third kappa shape index (κ3) is 4.50. The lowest BCUT2D eigenvalue weighted by atomic mass is 9.97. The Labute approximate surface area is 186 Å². The van der Waals surface area contributed by atoms with Crippen LogP contribution in [0.25, 0.3) is 10.3 Å². The molecule has 2 fully saturated rings. The van der Waals surface area contributed by atoms with Gasteiger partial charge in [0.1, 0.15) is 18.1 Å². The van der Waals surface area contributed by atoms with E-state index in [9.17, 15) is 4.79 Å². The second-order valence-corrected chi connectivity index (χ2v) is 9.15. The Morgan fingerprint density at radius 1 is 1.19 bits per heavy atom. The number of rotatable bonds is 7. The average molecular weight is 441 g/mol. The molecule has 1 amide bonds. The number of hydrogen-bond acceptors (Lipinski definition) is 7. The lowest BCUT2D eigenvalue weighted by Crippen LogP contribution is -2.51. The van der Waals surface area contributed by atoms with Gasteiger partial charge in [-0.2, -0.15) is 4.98 Å². The molecule has 164 valence electrons. The Morgan fingerprint density at radius 2 is 1.94 bits per heavy atom. The highest BCUT2D eigenvalue weighted by Crippen LogP contribution is 2.35. The molecule has 0 saturated carbocycles. The first-order chi connectivity index (χ1) is 15.2. The fourth-order valence-electron chi connectivity index (χ4n) is 4.79. The lowest BCUT2D eigenvalue weighted by molar-refractivity contribution is -0.133. The Hall–Kier alpha value is -2.71. The van der Waals surface area contributed by atoms with Gasteiger partial charge < -0.3 is 19.7 Å². The number of aromatic nitrogens is 2. The monoisotopic (exact) mass is 440 g/mol. The molecule has 4 heterocycles. The van der Waals surface area contributed by atoms with Crippen LogP contribution in [-0.2, 0) is 4.79 Å². The number of amides is 1. The van der Waals surface area contributed by atoms with E-state index in [-0.39, 0.29) is 7.33 Å². The normalized spacial score (nSPS) is 22.6. The van der Waals surface area contributed by atoms with Gasteiger partial charge in [-0.25, -0.2) is 4.98 Å². The molecule has 2 aliphatic rings. The van der Waals surface area contributed by atoms with E-state index in [1.807, 2.05) is 36.4 Å². The minimum absolute atomic E-state index is 0. The summed E-state index contributed by atoms with van der Waals surface area (Å²) in [7, 11) is 0. The molecule has 1 N–H and O–H groups in total. The van der Waals surface area contributed by atoms with E-state index in [0.717, 1.165) is 48.4 Å². The highest BCUT2D eigenvalue weighted by atomic mass is 32.1. The summed E-state index contributed by atoms with van der Waals surface area (Å²) >= 11 is 1.48. The van der Waals surface area contributed by atoms with Crippen molar-refractivity contribution in [3.05, 3.63) is 42.6 Å². The Kier molecular flexibility index (Phi) is 5.74. The van der Waals surface area contributed by atoms with Crippen molar-refractivity contribution in [3.8, 4) is 16.7 Å². The van der Waals surface area contributed by atoms with Gasteiger partial charge in [-0.1, -0.05) is 11.3 Å². The van der Waals surface area contributed by atoms with Crippen LogP contribution in [0, 0.1) is 0 Å². The van der Waals surface area contributed by atoms with E-state index in [1.165, 1.54) is 11.3 Å². The second-order valence-electron chi connectivity index (χ2n) is 8.16. The number of pyridine rings is 1. The number of hydrogen-bond donors (Lipinski definition) is 1. The molecule has 1 aromatic carbocycles. The largest absolute Gasteiger partial charge is 0.492 e. The minimum atomic E-state index is 0. The molecule has 0 spiro atoms. The van der Waals surface area contributed by atoms with Gasteiger partial charge in [-0.15, -0.1) is 0 Å². The molecular formula is C23H28N4O3S. The van der Waals surface area contributed by atoms with Crippen molar-refractivity contribution in [2.24, 2.45) is 0 Å². The number of thiazole rings is 1. The van der Waals surface area contributed by atoms with Gasteiger partial charge in [0, 0.05) is 39.2 Å². The fourth-order valence-corrected chi connectivity index (χ4v) is 5.58. The third-order valence-electron chi connectivity index (χ3n) is 6.07. The van der Waals surface area contributed by atoms with Crippen molar-refractivity contribution < 1.29 is 15.7 Å². The molecule has 0 radical (unpaired) electrons. The van der Waals surface area contributed by atoms with Crippen LogP contribution in [0.15, 0.2) is 42.6 Å². The van der Waals surface area contributed by atoms with Crippen molar-refractivity contribution in [3.63, 3.8) is 0 Å². The number of fused-ring (bicyclic) bond motifs is 3. The molecule has 31 heavy (non-hydrogen) atoms. The fraction of sp³-hybridized carbons (Fsp3) is 0.435. The molecule has 2 aliphatic heterocycles. The van der Waals surface area contributed by atoms with Gasteiger partial charge in [0.25, 0.3) is 5.19 Å². The molecule has 3 aromatic rings. The average Bonchev–Trinajstić information content (AvgIpc) is 3.30. The van der Waals surface area contributed by atoms with Crippen LogP contribution in [-0.4, -0.2) is 52.1 Å². The smallest absolute Gasteiger partial charge is 0.281 e. The quantitative estimate of drug-likeness (QED) is 0.554. The van der Waals surface area contributed by atoms with Gasteiger partial charge in [-0.3, -0.25) is 4.79 Å². The maximum absolute atomic E-state index is 11.8. The first-order valence-electron chi connectivity index (χ1n) is 10.8. The molecule has 1 unspecified atom stereocenters. The van der Waals surface area contributed by atoms with Crippen LogP contribution in [0.3, 0.4) is 0 Å². The number of benzene rings is 1. The van der Waals surface area contributed by atoms with Crippen molar-refractivity contribution in [2.75, 3.05) is 13.2 Å². The topological polar surface area (TPSA) is 76.6 Å². The van der Waals surface area contributed by atoms with Crippen LogP contribution in [0.2, 0.25) is 0 Å². The summed E-state index contributed by atoms with van der Waals surface area (Å²) in [6.45, 7) is 3.09. The first-order valence-corrected chi connectivity index (χ1v) is 11.6. The standard InChI is InChI=1S/C23H26N4O3S.H2/c1-15(28)27-17-4-5-18(27)14-16(13-17)24-11-12-29-19-6-8-20(9-7-19)30-23-26-22-21(31-23)3-2-10-25-22;/h2-3,6-10,16-18,24H,4-5,11-14H2,1H3;1H/t16?,17-,18+;. The zero-order valence-corrected chi connectivity index (χ0v) is 18.3. The summed E-state index contributed by atoms with van der Waals surface area (Å²) in [4.78, 5) is 22.5. The van der Waals surface area contributed by atoms with Gasteiger partial charge in [-0.05, 0) is 62.1 Å². The van der Waals surface area contributed by atoms with Crippen LogP contribution in [0.4, 0.5) is 0 Å². The number of nitrogens with one attached hydrogen (secondary N) is 1. The van der Waals surface area contributed by atoms with E-state index in [1.54, 1.807) is 13.1 Å². The Bertz CT molecular complexity index is 1010. The Balaban J connectivity index is 0.00000245. The molecule has 2 bridgehead atoms. The van der Waals surface area contributed by atoms with Gasteiger partial charge in [0.05, 0.1) is 4.70 Å². The molecule has 7 nitrogen and oxygen atoms in total. The van der Waals surface area contributed by atoms with Crippen molar-refractivity contribution in [1.29, 1.82) is 0 Å². The number of carbonyl (C=O) groups is 1. The number of piperidine rings is 1. The predicted molar refractivity (Wildman–Crippen MR) is 122 cm³/mol. The van der Waals surface area contributed by atoms with Gasteiger partial charge in [0.15, 0.2) is 5.65 Å². The molecular weight excluding hydrogens is 412 g/mol. The van der Waals surface area contributed by atoms with Gasteiger partial charge >= 0.3 is 0 Å². The maximum Gasteiger partial charge on any atom is 0.281 e. The number of ether oxygens (including phenoxy) is 2. The third-order valence-corrected chi connectivity index (χ3v) is 6.96. The minimum Gasteiger partial charge on any atom is -0.492 e.